The van der Waals surface area contributed by atoms with E-state index in [4.69, 9.17) is 0 Å². The van der Waals surface area contributed by atoms with Gasteiger partial charge in [-0.2, -0.15) is 0 Å². The summed E-state index contributed by atoms with van der Waals surface area (Å²) in [5.74, 6) is -0.204. The lowest BCUT2D eigenvalue weighted by molar-refractivity contribution is -0.135. The van der Waals surface area contributed by atoms with Crippen molar-refractivity contribution >= 4 is 17.5 Å². The molecule has 4 nitrogen and oxygen atoms in total. The third kappa shape index (κ3) is 3.84. The minimum absolute atomic E-state index is 0.0488. The van der Waals surface area contributed by atoms with Gasteiger partial charge < -0.3 is 10.2 Å². The van der Waals surface area contributed by atoms with E-state index >= 15 is 0 Å². The van der Waals surface area contributed by atoms with Gasteiger partial charge in [0.25, 0.3) is 0 Å². The van der Waals surface area contributed by atoms with Crippen molar-refractivity contribution in [2.24, 2.45) is 11.8 Å². The van der Waals surface area contributed by atoms with Crippen LogP contribution >= 0.6 is 0 Å². The van der Waals surface area contributed by atoms with Crippen molar-refractivity contribution in [1.29, 1.82) is 0 Å². The number of nitrogens with one attached hydrogen (secondary N) is 1. The number of hydrogen-bond acceptors (Lipinski definition) is 2. The van der Waals surface area contributed by atoms with Gasteiger partial charge in [0.05, 0.1) is 5.92 Å². The second kappa shape index (κ2) is 8.52. The fourth-order valence-corrected chi connectivity index (χ4v) is 4.40. The summed E-state index contributed by atoms with van der Waals surface area (Å²) in [6.45, 7) is 4.73. The van der Waals surface area contributed by atoms with E-state index in [-0.39, 0.29) is 29.7 Å². The Kier molecular flexibility index (Phi) is 6.12. The maximum atomic E-state index is 13.4. The number of carbonyl (C=O) groups excluding carboxylic acids is 2. The number of carbonyl (C=O) groups is 2. The highest BCUT2D eigenvalue weighted by atomic mass is 16.2. The monoisotopic (exact) mass is 354 g/mol. The van der Waals surface area contributed by atoms with Crippen LogP contribution in [-0.4, -0.2) is 24.4 Å². The molecule has 1 aliphatic carbocycles. The third-order valence-corrected chi connectivity index (χ3v) is 5.71. The molecule has 1 aliphatic heterocycles. The molecule has 4 heteroatoms. The van der Waals surface area contributed by atoms with E-state index < -0.39 is 0 Å². The molecule has 2 amide bonds. The van der Waals surface area contributed by atoms with E-state index in [1.54, 1.807) is 0 Å². The molecule has 0 aromatic heterocycles. The maximum Gasteiger partial charge on any atom is 0.231 e. The van der Waals surface area contributed by atoms with Crippen molar-refractivity contribution in [2.45, 2.75) is 58.4 Å². The Morgan fingerprint density at radius 1 is 1.19 bits per heavy atom. The molecule has 0 bridgehead atoms. The molecule has 1 saturated carbocycles. The minimum Gasteiger partial charge on any atom is -0.356 e. The number of fused-ring (bicyclic) bond motifs is 1. The minimum atomic E-state index is -0.195. The first kappa shape index (κ1) is 18.7. The van der Waals surface area contributed by atoms with Gasteiger partial charge in [-0.3, -0.25) is 9.59 Å². The van der Waals surface area contributed by atoms with Crippen molar-refractivity contribution in [3.63, 3.8) is 0 Å². The average molecular weight is 354 g/mol. The summed E-state index contributed by atoms with van der Waals surface area (Å²) >= 11 is 0. The Balaban J connectivity index is 1.73. The van der Waals surface area contributed by atoms with Crippen LogP contribution in [0.15, 0.2) is 36.4 Å². The Bertz CT molecular complexity index is 682. The van der Waals surface area contributed by atoms with Crippen molar-refractivity contribution < 1.29 is 9.59 Å². The Labute approximate surface area is 156 Å². The molecule has 0 saturated heterocycles. The lowest BCUT2D eigenvalue weighted by atomic mass is 9.77. The van der Waals surface area contributed by atoms with Gasteiger partial charge in [0.15, 0.2) is 0 Å². The van der Waals surface area contributed by atoms with Crippen LogP contribution in [0.5, 0.6) is 0 Å². The lowest BCUT2D eigenvalue weighted by Crippen LogP contribution is -2.47. The highest BCUT2D eigenvalue weighted by Gasteiger charge is 2.41. The average Bonchev–Trinajstić information content (AvgIpc) is 3.00. The fraction of sp³-hybridized carbons (Fsp3) is 0.545. The molecule has 1 aromatic carbocycles. The van der Waals surface area contributed by atoms with Crippen molar-refractivity contribution in [1.82, 2.24) is 5.32 Å². The summed E-state index contributed by atoms with van der Waals surface area (Å²) in [6.07, 6.45) is 9.47. The number of anilines is 1. The van der Waals surface area contributed by atoms with Gasteiger partial charge in [0.2, 0.25) is 11.8 Å². The van der Waals surface area contributed by atoms with Crippen LogP contribution in [0.2, 0.25) is 0 Å². The summed E-state index contributed by atoms with van der Waals surface area (Å²) in [4.78, 5) is 28.1. The van der Waals surface area contributed by atoms with Gasteiger partial charge in [0.1, 0.15) is 0 Å². The molecule has 3 unspecified atom stereocenters. The van der Waals surface area contributed by atoms with Gasteiger partial charge in [-0.15, -0.1) is 0 Å². The number of para-hydroxylation sites is 1. The molecule has 0 radical (unpaired) electrons. The number of hydrogen-bond donors (Lipinski definition) is 1. The first-order valence-electron chi connectivity index (χ1n) is 9.93. The quantitative estimate of drug-likeness (QED) is 0.645. The van der Waals surface area contributed by atoms with Gasteiger partial charge in [0, 0.05) is 24.2 Å². The molecule has 1 heterocycles. The topological polar surface area (TPSA) is 49.4 Å². The first-order valence-corrected chi connectivity index (χ1v) is 9.93. The predicted molar refractivity (Wildman–Crippen MR) is 105 cm³/mol. The van der Waals surface area contributed by atoms with Crippen LogP contribution in [0, 0.1) is 11.8 Å². The van der Waals surface area contributed by atoms with Gasteiger partial charge in [-0.25, -0.2) is 0 Å². The SMILES string of the molecule is C/C=C/CCNC(=O)C1CCCCC1C(=O)N1c2ccccc2CC1C. The normalized spacial score (nSPS) is 25.3. The Morgan fingerprint density at radius 3 is 2.69 bits per heavy atom. The van der Waals surface area contributed by atoms with E-state index in [1.165, 1.54) is 5.56 Å². The predicted octanol–water partition coefficient (Wildman–Crippen LogP) is 3.85. The molecule has 3 atom stereocenters. The maximum absolute atomic E-state index is 13.4. The Hall–Kier alpha value is -2.10. The van der Waals surface area contributed by atoms with Crippen molar-refractivity contribution in [2.75, 3.05) is 11.4 Å². The highest BCUT2D eigenvalue weighted by Crippen LogP contribution is 2.38. The molecule has 3 rings (SSSR count). The molecule has 140 valence electrons. The molecule has 2 aliphatic rings. The lowest BCUT2D eigenvalue weighted by Gasteiger charge is -2.34. The first-order chi connectivity index (χ1) is 12.6. The van der Waals surface area contributed by atoms with Crippen LogP contribution in [0.1, 0.15) is 51.5 Å². The number of benzene rings is 1. The zero-order valence-corrected chi connectivity index (χ0v) is 15.9. The zero-order chi connectivity index (χ0) is 18.5. The molecule has 0 spiro atoms. The smallest absolute Gasteiger partial charge is 0.231 e. The molecular weight excluding hydrogens is 324 g/mol. The van der Waals surface area contributed by atoms with Gasteiger partial charge in [-0.1, -0.05) is 43.2 Å². The van der Waals surface area contributed by atoms with Crippen LogP contribution in [0.25, 0.3) is 0 Å². The molecule has 1 fully saturated rings. The summed E-state index contributed by atoms with van der Waals surface area (Å²) in [6, 6.07) is 8.32. The fourth-order valence-electron chi connectivity index (χ4n) is 4.40. The summed E-state index contributed by atoms with van der Waals surface area (Å²) in [5, 5.41) is 3.03. The van der Waals surface area contributed by atoms with Crippen LogP contribution in [0.4, 0.5) is 5.69 Å². The van der Waals surface area contributed by atoms with E-state index in [2.05, 4.69) is 18.3 Å². The summed E-state index contributed by atoms with van der Waals surface area (Å²) < 4.78 is 0. The number of nitrogens with zero attached hydrogens (tertiary/aromatic N) is 1. The second-order valence-corrected chi connectivity index (χ2v) is 7.54. The van der Waals surface area contributed by atoms with Gasteiger partial charge in [-0.05, 0) is 51.2 Å². The molecule has 1 N–H and O–H groups in total. The standard InChI is InChI=1S/C22H30N2O2/c1-3-4-9-14-23-21(25)18-11-6-7-12-19(18)22(26)24-16(2)15-17-10-5-8-13-20(17)24/h3-5,8,10,13,16,18-19H,6-7,9,11-12,14-15H2,1-2H3,(H,23,25)/b4-3+. The largest absolute Gasteiger partial charge is 0.356 e. The van der Waals surface area contributed by atoms with E-state index in [1.807, 2.05) is 42.2 Å². The number of allylic oxidation sites excluding steroid dienone is 1. The summed E-state index contributed by atoms with van der Waals surface area (Å²) in [7, 11) is 0. The van der Waals surface area contributed by atoms with E-state index in [0.29, 0.717) is 6.54 Å². The van der Waals surface area contributed by atoms with E-state index in [0.717, 1.165) is 44.2 Å². The van der Waals surface area contributed by atoms with Crippen LogP contribution in [0.3, 0.4) is 0 Å². The van der Waals surface area contributed by atoms with Crippen LogP contribution in [-0.2, 0) is 16.0 Å². The zero-order valence-electron chi connectivity index (χ0n) is 15.9. The Morgan fingerprint density at radius 2 is 1.92 bits per heavy atom. The molecule has 1 aromatic rings. The number of amides is 2. The molecule has 26 heavy (non-hydrogen) atoms. The van der Waals surface area contributed by atoms with Crippen molar-refractivity contribution in [3.05, 3.63) is 42.0 Å². The van der Waals surface area contributed by atoms with Gasteiger partial charge >= 0.3 is 0 Å². The highest BCUT2D eigenvalue weighted by molar-refractivity contribution is 6.00. The number of rotatable bonds is 5. The molecular formula is C22H30N2O2. The van der Waals surface area contributed by atoms with Crippen molar-refractivity contribution in [3.8, 4) is 0 Å². The second-order valence-electron chi connectivity index (χ2n) is 7.54. The summed E-state index contributed by atoms with van der Waals surface area (Å²) in [5.41, 5.74) is 2.26. The van der Waals surface area contributed by atoms with Crippen LogP contribution < -0.4 is 10.2 Å². The third-order valence-electron chi connectivity index (χ3n) is 5.71. The van der Waals surface area contributed by atoms with E-state index in [9.17, 15) is 9.59 Å².